The number of carbonyl (C=O) groups is 4. The summed E-state index contributed by atoms with van der Waals surface area (Å²) in [5.74, 6) is -2.82. The van der Waals surface area contributed by atoms with E-state index in [-0.39, 0.29) is 31.6 Å². The molecule has 1 aliphatic heterocycles. The summed E-state index contributed by atoms with van der Waals surface area (Å²) in [6.45, 7) is 5.25. The number of alkyl halides is 3. The minimum atomic E-state index is -4.74. The summed E-state index contributed by atoms with van der Waals surface area (Å²) in [7, 11) is 2.69. The largest absolute Gasteiger partial charge is 0.497 e. The van der Waals surface area contributed by atoms with Gasteiger partial charge in [-0.1, -0.05) is 31.4 Å². The van der Waals surface area contributed by atoms with Crippen molar-refractivity contribution < 1.29 is 46.7 Å². The van der Waals surface area contributed by atoms with Crippen molar-refractivity contribution in [3.05, 3.63) is 53.7 Å². The molecule has 262 valence electrons. The number of amides is 5. The molecule has 3 atom stereocenters. The van der Waals surface area contributed by atoms with Crippen molar-refractivity contribution in [3.63, 3.8) is 0 Å². The first-order chi connectivity index (χ1) is 22.6. The number of hydrogen-bond donors (Lipinski definition) is 2. The molecule has 1 saturated carbocycles. The van der Waals surface area contributed by atoms with E-state index in [0.29, 0.717) is 29.1 Å². The first-order valence-corrected chi connectivity index (χ1v) is 15.7. The van der Waals surface area contributed by atoms with Gasteiger partial charge in [-0.05, 0) is 81.3 Å². The zero-order chi connectivity index (χ0) is 35.2. The van der Waals surface area contributed by atoms with Gasteiger partial charge < -0.3 is 14.8 Å². The van der Waals surface area contributed by atoms with E-state index in [2.05, 4.69) is 10.5 Å². The monoisotopic (exact) mass is 677 g/mol. The fraction of sp³-hybridized carbons (Fsp3) is 0.545. The zero-order valence-corrected chi connectivity index (χ0v) is 27.6. The SMILES string of the molecule is CONC(=O)[C@@H]1[C@@H](Cc2ccnc(N(Cc3ccc(OC)cc3)C(=O)OC(C)(C)C)c2)C(=O)N1C(=O)N[C@@H](C1CCCCC1)C(F)(F)F. The summed E-state index contributed by atoms with van der Waals surface area (Å²) in [5, 5.41) is 2.00. The third-order valence-electron chi connectivity index (χ3n) is 8.31. The van der Waals surface area contributed by atoms with Gasteiger partial charge in [-0.2, -0.15) is 13.2 Å². The lowest BCUT2D eigenvalue weighted by Gasteiger charge is -2.45. The number of hydrogen-bond acceptors (Lipinski definition) is 8. The molecule has 2 heterocycles. The number of pyridine rings is 1. The van der Waals surface area contributed by atoms with Crippen LogP contribution in [-0.4, -0.2) is 71.9 Å². The maximum absolute atomic E-state index is 14.0. The molecule has 48 heavy (non-hydrogen) atoms. The van der Waals surface area contributed by atoms with Crippen molar-refractivity contribution in [2.75, 3.05) is 19.1 Å². The molecule has 4 rings (SSSR count). The number of hydroxylamine groups is 1. The van der Waals surface area contributed by atoms with E-state index in [1.54, 1.807) is 57.2 Å². The molecular formula is C33H42F3N5O7. The molecule has 1 aromatic heterocycles. The van der Waals surface area contributed by atoms with Gasteiger partial charge in [-0.3, -0.25) is 24.2 Å². The molecule has 12 nitrogen and oxygen atoms in total. The van der Waals surface area contributed by atoms with Gasteiger partial charge in [0, 0.05) is 6.20 Å². The van der Waals surface area contributed by atoms with E-state index < -0.39 is 59.6 Å². The lowest BCUT2D eigenvalue weighted by atomic mass is 9.81. The van der Waals surface area contributed by atoms with Gasteiger partial charge in [-0.15, -0.1) is 0 Å². The predicted molar refractivity (Wildman–Crippen MR) is 168 cm³/mol. The molecule has 5 amide bonds. The van der Waals surface area contributed by atoms with Crippen molar-refractivity contribution in [1.29, 1.82) is 0 Å². The molecule has 1 aliphatic carbocycles. The number of imide groups is 1. The Kier molecular flexibility index (Phi) is 11.6. The van der Waals surface area contributed by atoms with Gasteiger partial charge in [0.1, 0.15) is 29.3 Å². The van der Waals surface area contributed by atoms with Crippen LogP contribution in [-0.2, 0) is 32.1 Å². The molecule has 2 fully saturated rings. The number of halogens is 3. The molecule has 0 bridgehead atoms. The van der Waals surface area contributed by atoms with E-state index >= 15 is 0 Å². The molecule has 0 spiro atoms. The number of carbonyl (C=O) groups excluding carboxylic acids is 4. The first-order valence-electron chi connectivity index (χ1n) is 15.7. The minimum absolute atomic E-state index is 0.0753. The minimum Gasteiger partial charge on any atom is -0.497 e. The van der Waals surface area contributed by atoms with Gasteiger partial charge in [0.15, 0.2) is 0 Å². The Labute approximate surface area is 277 Å². The Bertz CT molecular complexity index is 1460. The molecule has 2 aliphatic rings. The summed E-state index contributed by atoms with van der Waals surface area (Å²) in [6, 6.07) is 5.28. The molecular weight excluding hydrogens is 635 g/mol. The van der Waals surface area contributed by atoms with Crippen LogP contribution in [0.25, 0.3) is 0 Å². The van der Waals surface area contributed by atoms with Crippen molar-refractivity contribution >= 4 is 29.8 Å². The Morgan fingerprint density at radius 3 is 2.27 bits per heavy atom. The van der Waals surface area contributed by atoms with Crippen LogP contribution in [0.5, 0.6) is 5.75 Å². The van der Waals surface area contributed by atoms with Crippen LogP contribution in [0.4, 0.5) is 28.6 Å². The summed E-state index contributed by atoms with van der Waals surface area (Å²) in [6.07, 6.45) is -1.48. The van der Waals surface area contributed by atoms with Crippen LogP contribution in [0.15, 0.2) is 42.6 Å². The number of nitrogens with one attached hydrogen (secondary N) is 2. The number of urea groups is 1. The number of rotatable bonds is 10. The summed E-state index contributed by atoms with van der Waals surface area (Å²) in [4.78, 5) is 63.8. The average molecular weight is 678 g/mol. The molecule has 0 unspecified atom stereocenters. The molecule has 1 saturated heterocycles. The fourth-order valence-corrected chi connectivity index (χ4v) is 6.03. The quantitative estimate of drug-likeness (QED) is 0.255. The van der Waals surface area contributed by atoms with E-state index in [1.165, 1.54) is 18.2 Å². The third kappa shape index (κ3) is 8.94. The van der Waals surface area contributed by atoms with Gasteiger partial charge in [-0.25, -0.2) is 20.1 Å². The number of β-lactam (4-membered cyclic amide) rings is 1. The normalized spacial score (nSPS) is 19.2. The van der Waals surface area contributed by atoms with Crippen molar-refractivity contribution in [2.45, 2.75) is 89.7 Å². The third-order valence-corrected chi connectivity index (χ3v) is 8.31. The summed E-state index contributed by atoms with van der Waals surface area (Å²) >= 11 is 0. The van der Waals surface area contributed by atoms with E-state index in [1.807, 2.05) is 5.32 Å². The highest BCUT2D eigenvalue weighted by Gasteiger charge is 2.56. The van der Waals surface area contributed by atoms with Crippen LogP contribution < -0.4 is 20.4 Å². The number of likely N-dealkylation sites (tertiary alicyclic amines) is 1. The second-order valence-electron chi connectivity index (χ2n) is 12.9. The Morgan fingerprint density at radius 1 is 1.02 bits per heavy atom. The van der Waals surface area contributed by atoms with Crippen LogP contribution >= 0.6 is 0 Å². The second kappa shape index (κ2) is 15.2. The second-order valence-corrected chi connectivity index (χ2v) is 12.9. The van der Waals surface area contributed by atoms with Gasteiger partial charge in [0.2, 0.25) is 5.91 Å². The lowest BCUT2D eigenvalue weighted by Crippen LogP contribution is -2.71. The highest BCUT2D eigenvalue weighted by atomic mass is 19.4. The van der Waals surface area contributed by atoms with Crippen molar-refractivity contribution in [2.24, 2.45) is 11.8 Å². The zero-order valence-electron chi connectivity index (χ0n) is 27.6. The highest BCUT2D eigenvalue weighted by Crippen LogP contribution is 2.36. The Morgan fingerprint density at radius 2 is 1.69 bits per heavy atom. The smallest absolute Gasteiger partial charge is 0.416 e. The lowest BCUT2D eigenvalue weighted by molar-refractivity contribution is -0.171. The summed E-state index contributed by atoms with van der Waals surface area (Å²) in [5.41, 5.74) is 2.49. The highest BCUT2D eigenvalue weighted by molar-refractivity contribution is 6.09. The number of anilines is 1. The average Bonchev–Trinajstić information content (AvgIpc) is 3.03. The molecule has 0 radical (unpaired) electrons. The number of methoxy groups -OCH3 is 1. The molecule has 1 aromatic carbocycles. The van der Waals surface area contributed by atoms with Crippen molar-refractivity contribution in [3.8, 4) is 5.75 Å². The van der Waals surface area contributed by atoms with Gasteiger partial charge >= 0.3 is 18.3 Å². The van der Waals surface area contributed by atoms with Crippen LogP contribution in [0.3, 0.4) is 0 Å². The molecule has 2 N–H and O–H groups in total. The Hall–Kier alpha value is -4.40. The Balaban J connectivity index is 1.57. The van der Waals surface area contributed by atoms with Gasteiger partial charge in [0.05, 0.1) is 26.7 Å². The topological polar surface area (TPSA) is 139 Å². The van der Waals surface area contributed by atoms with Crippen LogP contribution in [0, 0.1) is 11.8 Å². The number of nitrogens with zero attached hydrogens (tertiary/aromatic N) is 3. The number of aromatic nitrogens is 1. The summed E-state index contributed by atoms with van der Waals surface area (Å²) < 4.78 is 53.0. The predicted octanol–water partition coefficient (Wildman–Crippen LogP) is 5.30. The maximum atomic E-state index is 14.0. The number of ether oxygens (including phenoxy) is 2. The number of benzene rings is 1. The van der Waals surface area contributed by atoms with Gasteiger partial charge in [0.25, 0.3) is 5.91 Å². The van der Waals surface area contributed by atoms with E-state index in [0.717, 1.165) is 19.1 Å². The standard InChI is InChI=1S/C33H42F3N5O7/c1-32(2,3)48-31(45)40(19-20-11-13-23(46-4)14-12-20)25-18-21(15-16-37-25)17-24-26(28(42)39-47-5)41(29(24)43)30(44)38-27(33(34,35)36)22-9-7-6-8-10-22/h11-16,18,22,24,26-27H,6-10,17,19H2,1-5H3,(H,38,44)(H,39,42)/t24-,26+,27+/m1/s1. The van der Waals surface area contributed by atoms with Crippen LogP contribution in [0.1, 0.15) is 64.0 Å². The van der Waals surface area contributed by atoms with Crippen LogP contribution in [0.2, 0.25) is 0 Å². The molecule has 2 aromatic rings. The fourth-order valence-electron chi connectivity index (χ4n) is 6.03. The van der Waals surface area contributed by atoms with E-state index in [9.17, 15) is 32.3 Å². The first kappa shape index (κ1) is 36.4. The van der Waals surface area contributed by atoms with E-state index in [4.69, 9.17) is 14.3 Å². The maximum Gasteiger partial charge on any atom is 0.416 e. The van der Waals surface area contributed by atoms with Crippen molar-refractivity contribution in [1.82, 2.24) is 20.7 Å². The molecule has 15 heteroatoms.